The highest BCUT2D eigenvalue weighted by Gasteiger charge is 2.25. The predicted molar refractivity (Wildman–Crippen MR) is 69.2 cm³/mol. The van der Waals surface area contributed by atoms with Crippen molar-refractivity contribution in [3.63, 3.8) is 0 Å². The van der Waals surface area contributed by atoms with Gasteiger partial charge in [0, 0.05) is 11.8 Å². The van der Waals surface area contributed by atoms with Crippen molar-refractivity contribution in [3.05, 3.63) is 38.4 Å². The van der Waals surface area contributed by atoms with E-state index in [1.54, 1.807) is 0 Å². The summed E-state index contributed by atoms with van der Waals surface area (Å²) in [5.74, 6) is 0.449. The number of hydrogen-bond donors (Lipinski definition) is 1. The van der Waals surface area contributed by atoms with Gasteiger partial charge in [-0.3, -0.25) is 25.7 Å². The van der Waals surface area contributed by atoms with Crippen LogP contribution in [-0.4, -0.2) is 15.6 Å². The quantitative estimate of drug-likeness (QED) is 0.499. The van der Waals surface area contributed by atoms with Crippen molar-refractivity contribution in [2.75, 3.05) is 5.43 Å². The molecule has 1 aliphatic carbocycles. The first-order valence-electron chi connectivity index (χ1n) is 5.72. The second-order valence-electron chi connectivity index (χ2n) is 4.35. The van der Waals surface area contributed by atoms with E-state index in [9.17, 15) is 20.2 Å². The van der Waals surface area contributed by atoms with Gasteiger partial charge in [-0.05, 0) is 31.7 Å². The lowest BCUT2D eigenvalue weighted by Gasteiger charge is -2.03. The third-order valence-electron chi connectivity index (χ3n) is 2.91. The number of nitrogens with zero attached hydrogens (tertiary/aromatic N) is 3. The van der Waals surface area contributed by atoms with Crippen molar-refractivity contribution in [3.8, 4) is 0 Å². The maximum absolute atomic E-state index is 10.9. The molecule has 1 N–H and O–H groups in total. The van der Waals surface area contributed by atoms with Crippen LogP contribution in [0.25, 0.3) is 0 Å². The zero-order chi connectivity index (χ0) is 14.0. The minimum Gasteiger partial charge on any atom is -0.272 e. The number of hydrazone groups is 1. The Morgan fingerprint density at radius 1 is 1.32 bits per heavy atom. The van der Waals surface area contributed by atoms with Crippen LogP contribution in [0, 0.1) is 26.1 Å². The van der Waals surface area contributed by atoms with Crippen molar-refractivity contribution < 1.29 is 9.85 Å². The molecule has 0 spiro atoms. The zero-order valence-electron chi connectivity index (χ0n) is 10.2. The molecule has 0 radical (unpaired) electrons. The summed E-state index contributed by atoms with van der Waals surface area (Å²) < 4.78 is 0. The largest absolute Gasteiger partial charge is 0.301 e. The van der Waals surface area contributed by atoms with Crippen LogP contribution in [-0.2, 0) is 0 Å². The third kappa shape index (κ3) is 3.03. The smallest absolute Gasteiger partial charge is 0.272 e. The molecular weight excluding hydrogens is 252 g/mol. The van der Waals surface area contributed by atoms with Crippen LogP contribution < -0.4 is 5.43 Å². The van der Waals surface area contributed by atoms with E-state index >= 15 is 0 Å². The summed E-state index contributed by atoms with van der Waals surface area (Å²) in [6, 6.07) is 3.42. The lowest BCUT2D eigenvalue weighted by atomic mass is 10.2. The highest BCUT2D eigenvalue weighted by molar-refractivity contribution is 5.87. The standard InChI is InChI=1S/C11H12N4O4/c1-7(8-2-3-8)12-13-10-5-4-9(14(16)17)6-11(10)15(18)19/h4-6,8,13H,2-3H2,1H3. The van der Waals surface area contributed by atoms with Gasteiger partial charge in [0.2, 0.25) is 0 Å². The van der Waals surface area contributed by atoms with Crippen LogP contribution in [0.1, 0.15) is 19.8 Å². The van der Waals surface area contributed by atoms with Crippen molar-refractivity contribution in [2.45, 2.75) is 19.8 Å². The van der Waals surface area contributed by atoms with E-state index in [1.807, 2.05) is 6.92 Å². The van der Waals surface area contributed by atoms with Gasteiger partial charge in [0.1, 0.15) is 5.69 Å². The van der Waals surface area contributed by atoms with Crippen molar-refractivity contribution in [2.24, 2.45) is 11.0 Å². The van der Waals surface area contributed by atoms with E-state index in [-0.39, 0.29) is 17.1 Å². The first-order valence-corrected chi connectivity index (χ1v) is 5.72. The normalized spacial score (nSPS) is 15.1. The van der Waals surface area contributed by atoms with E-state index in [1.165, 1.54) is 12.1 Å². The number of rotatable bonds is 5. The predicted octanol–water partition coefficient (Wildman–Crippen LogP) is 2.70. The van der Waals surface area contributed by atoms with Crippen LogP contribution in [0.15, 0.2) is 23.3 Å². The third-order valence-corrected chi connectivity index (χ3v) is 2.91. The Kier molecular flexibility index (Phi) is 3.41. The molecule has 0 unspecified atom stereocenters. The molecule has 0 heterocycles. The first kappa shape index (κ1) is 12.9. The van der Waals surface area contributed by atoms with Gasteiger partial charge in [-0.2, -0.15) is 5.10 Å². The molecule has 1 aliphatic rings. The molecule has 0 aliphatic heterocycles. The number of benzene rings is 1. The van der Waals surface area contributed by atoms with E-state index in [0.717, 1.165) is 24.6 Å². The van der Waals surface area contributed by atoms with Gasteiger partial charge in [0.05, 0.1) is 15.9 Å². The van der Waals surface area contributed by atoms with Gasteiger partial charge in [0.15, 0.2) is 0 Å². The summed E-state index contributed by atoms with van der Waals surface area (Å²) in [5, 5.41) is 25.5. The van der Waals surface area contributed by atoms with E-state index in [4.69, 9.17) is 0 Å². The van der Waals surface area contributed by atoms with E-state index in [2.05, 4.69) is 10.5 Å². The number of nitro groups is 2. The molecule has 1 aromatic rings. The molecule has 0 bridgehead atoms. The fourth-order valence-electron chi connectivity index (χ4n) is 1.62. The molecule has 19 heavy (non-hydrogen) atoms. The molecular formula is C11H12N4O4. The van der Waals surface area contributed by atoms with Crippen LogP contribution in [0.3, 0.4) is 0 Å². The van der Waals surface area contributed by atoms with E-state index in [0.29, 0.717) is 5.92 Å². The second-order valence-corrected chi connectivity index (χ2v) is 4.35. The average Bonchev–Trinajstić information content (AvgIpc) is 3.19. The molecule has 1 saturated carbocycles. The molecule has 0 saturated heterocycles. The molecule has 8 heteroatoms. The maximum Gasteiger partial charge on any atom is 0.301 e. The Hall–Kier alpha value is -2.51. The second kappa shape index (κ2) is 5.01. The van der Waals surface area contributed by atoms with Gasteiger partial charge >= 0.3 is 5.69 Å². The molecule has 1 fully saturated rings. The van der Waals surface area contributed by atoms with Crippen LogP contribution in [0.2, 0.25) is 0 Å². The molecule has 2 rings (SSSR count). The number of nitro benzene ring substituents is 2. The number of anilines is 1. The minimum absolute atomic E-state index is 0.149. The van der Waals surface area contributed by atoms with Crippen LogP contribution in [0.4, 0.5) is 17.1 Å². The fourth-order valence-corrected chi connectivity index (χ4v) is 1.62. The highest BCUT2D eigenvalue weighted by Crippen LogP contribution is 2.32. The summed E-state index contributed by atoms with van der Waals surface area (Å²) in [6.45, 7) is 1.85. The number of nitrogens with one attached hydrogen (secondary N) is 1. The Morgan fingerprint density at radius 2 is 2.00 bits per heavy atom. The summed E-state index contributed by atoms with van der Waals surface area (Å²) >= 11 is 0. The topological polar surface area (TPSA) is 111 Å². The first-order chi connectivity index (χ1) is 8.99. The fraction of sp³-hybridized carbons (Fsp3) is 0.364. The van der Waals surface area contributed by atoms with Crippen LogP contribution in [0.5, 0.6) is 0 Å². The molecule has 0 amide bonds. The van der Waals surface area contributed by atoms with Crippen molar-refractivity contribution >= 4 is 22.8 Å². The summed E-state index contributed by atoms with van der Waals surface area (Å²) in [5.41, 5.74) is 2.96. The Morgan fingerprint density at radius 3 is 2.53 bits per heavy atom. The molecule has 0 atom stereocenters. The SMILES string of the molecule is CC(=NNc1ccc([N+](=O)[O-])cc1[N+](=O)[O-])C1CC1. The number of non-ortho nitro benzene ring substituents is 1. The Bertz CT molecular complexity index is 566. The monoisotopic (exact) mass is 264 g/mol. The Balaban J connectivity index is 2.26. The van der Waals surface area contributed by atoms with Gasteiger partial charge in [0.25, 0.3) is 5.69 Å². The van der Waals surface area contributed by atoms with Crippen molar-refractivity contribution in [1.82, 2.24) is 0 Å². The van der Waals surface area contributed by atoms with E-state index < -0.39 is 9.85 Å². The molecule has 8 nitrogen and oxygen atoms in total. The zero-order valence-corrected chi connectivity index (χ0v) is 10.2. The van der Waals surface area contributed by atoms with Gasteiger partial charge in [-0.15, -0.1) is 0 Å². The molecule has 100 valence electrons. The van der Waals surface area contributed by atoms with Gasteiger partial charge < -0.3 is 0 Å². The van der Waals surface area contributed by atoms with Crippen molar-refractivity contribution in [1.29, 1.82) is 0 Å². The summed E-state index contributed by atoms with van der Waals surface area (Å²) in [4.78, 5) is 20.1. The molecule has 0 aromatic heterocycles. The highest BCUT2D eigenvalue weighted by atomic mass is 16.6. The number of hydrogen-bond acceptors (Lipinski definition) is 6. The lowest BCUT2D eigenvalue weighted by Crippen LogP contribution is -2.02. The lowest BCUT2D eigenvalue weighted by molar-refractivity contribution is -0.393. The Labute approximate surface area is 108 Å². The van der Waals surface area contributed by atoms with Crippen LogP contribution >= 0.6 is 0 Å². The summed E-state index contributed by atoms with van der Waals surface area (Å²) in [7, 11) is 0. The maximum atomic E-state index is 10.9. The minimum atomic E-state index is -0.671. The molecule has 1 aromatic carbocycles. The average molecular weight is 264 g/mol. The van der Waals surface area contributed by atoms with Gasteiger partial charge in [-0.25, -0.2) is 0 Å². The summed E-state index contributed by atoms with van der Waals surface area (Å²) in [6.07, 6.45) is 2.17. The van der Waals surface area contributed by atoms with Gasteiger partial charge in [-0.1, -0.05) is 0 Å².